The molecule has 0 saturated carbocycles. The van der Waals surface area contributed by atoms with Gasteiger partial charge in [0.15, 0.2) is 11.6 Å². The summed E-state index contributed by atoms with van der Waals surface area (Å²) in [6, 6.07) is 9.79. The van der Waals surface area contributed by atoms with Gasteiger partial charge in [0.1, 0.15) is 5.75 Å². The number of halogens is 1. The smallest absolute Gasteiger partial charge is 0.252 e. The molecule has 0 bridgehead atoms. The lowest BCUT2D eigenvalue weighted by Crippen LogP contribution is -2.12. The first-order chi connectivity index (χ1) is 9.51. The van der Waals surface area contributed by atoms with Crippen molar-refractivity contribution in [3.8, 4) is 17.6 Å². The van der Waals surface area contributed by atoms with Gasteiger partial charge in [-0.2, -0.15) is 5.26 Å². The molecule has 0 aliphatic rings. The van der Waals surface area contributed by atoms with Crippen LogP contribution in [0.4, 0.5) is 10.1 Å². The van der Waals surface area contributed by atoms with Gasteiger partial charge in [-0.1, -0.05) is 0 Å². The van der Waals surface area contributed by atoms with Gasteiger partial charge in [0.05, 0.1) is 17.2 Å². The Morgan fingerprint density at radius 1 is 1.20 bits per heavy atom. The number of amides is 1. The molecule has 0 radical (unpaired) electrons. The molecule has 5 nitrogen and oxygen atoms in total. The van der Waals surface area contributed by atoms with Gasteiger partial charge in [-0.3, -0.25) is 4.79 Å². The van der Waals surface area contributed by atoms with Gasteiger partial charge < -0.3 is 16.2 Å². The van der Waals surface area contributed by atoms with E-state index in [1.165, 1.54) is 30.3 Å². The van der Waals surface area contributed by atoms with E-state index < -0.39 is 11.7 Å². The van der Waals surface area contributed by atoms with Crippen LogP contribution in [0.5, 0.6) is 11.5 Å². The molecular weight excluding hydrogens is 261 g/mol. The van der Waals surface area contributed by atoms with Crippen LogP contribution < -0.4 is 16.2 Å². The van der Waals surface area contributed by atoms with Crippen molar-refractivity contribution in [3.05, 3.63) is 53.3 Å². The van der Waals surface area contributed by atoms with Gasteiger partial charge in [0.25, 0.3) is 5.91 Å². The Hall–Kier alpha value is -3.07. The summed E-state index contributed by atoms with van der Waals surface area (Å²) in [7, 11) is 0. The molecule has 0 saturated heterocycles. The van der Waals surface area contributed by atoms with E-state index in [2.05, 4.69) is 0 Å². The van der Waals surface area contributed by atoms with Gasteiger partial charge >= 0.3 is 0 Å². The predicted molar refractivity (Wildman–Crippen MR) is 70.6 cm³/mol. The number of carbonyl (C=O) groups excluding carboxylic acids is 1. The Balaban J connectivity index is 2.42. The normalized spacial score (nSPS) is 9.80. The second kappa shape index (κ2) is 5.28. The molecule has 2 aromatic rings. The van der Waals surface area contributed by atoms with Crippen molar-refractivity contribution in [3.63, 3.8) is 0 Å². The Morgan fingerprint density at radius 3 is 2.55 bits per heavy atom. The van der Waals surface area contributed by atoms with E-state index in [0.717, 1.165) is 6.07 Å². The minimum absolute atomic E-state index is 0.0566. The third-order valence-corrected chi connectivity index (χ3v) is 2.55. The number of nitrogens with zero attached hydrogens (tertiary/aromatic N) is 1. The van der Waals surface area contributed by atoms with Gasteiger partial charge in [0, 0.05) is 11.8 Å². The molecular formula is C14H10FN3O2. The Morgan fingerprint density at radius 2 is 1.95 bits per heavy atom. The highest BCUT2D eigenvalue weighted by atomic mass is 19.1. The number of nitrogens with two attached hydrogens (primary N) is 2. The molecule has 0 unspecified atom stereocenters. The molecule has 0 atom stereocenters. The molecule has 2 rings (SSSR count). The standard InChI is InChI=1S/C14H10FN3O2/c15-11-5-8(7-16)1-4-12(11)20-13-6-9(17)2-3-10(13)14(18)19/h1-6H,17H2,(H2,18,19). The molecule has 0 aliphatic heterocycles. The van der Waals surface area contributed by atoms with E-state index >= 15 is 0 Å². The first-order valence-electron chi connectivity index (χ1n) is 5.58. The summed E-state index contributed by atoms with van der Waals surface area (Å²) in [6.07, 6.45) is 0. The zero-order chi connectivity index (χ0) is 14.7. The van der Waals surface area contributed by atoms with E-state index in [1.54, 1.807) is 0 Å². The second-order valence-corrected chi connectivity index (χ2v) is 3.98. The number of ether oxygens (including phenoxy) is 1. The fourth-order valence-corrected chi connectivity index (χ4v) is 1.60. The molecule has 6 heteroatoms. The van der Waals surface area contributed by atoms with Crippen LogP contribution in [0.1, 0.15) is 15.9 Å². The molecule has 2 aromatic carbocycles. The summed E-state index contributed by atoms with van der Waals surface area (Å²) in [5.74, 6) is -1.51. The van der Waals surface area contributed by atoms with Crippen LogP contribution in [0.2, 0.25) is 0 Å². The molecule has 100 valence electrons. The number of primary amides is 1. The van der Waals surface area contributed by atoms with Gasteiger partial charge in [-0.05, 0) is 30.3 Å². The van der Waals surface area contributed by atoms with Crippen molar-refractivity contribution in [1.29, 1.82) is 5.26 Å². The van der Waals surface area contributed by atoms with E-state index in [0.29, 0.717) is 5.69 Å². The maximum Gasteiger partial charge on any atom is 0.252 e. The first-order valence-corrected chi connectivity index (χ1v) is 5.58. The van der Waals surface area contributed by atoms with E-state index in [1.807, 2.05) is 6.07 Å². The maximum absolute atomic E-state index is 13.7. The summed E-state index contributed by atoms with van der Waals surface area (Å²) in [4.78, 5) is 11.3. The molecule has 0 fully saturated rings. The molecule has 20 heavy (non-hydrogen) atoms. The lowest BCUT2D eigenvalue weighted by molar-refractivity contribution is 0.0998. The number of hydrogen-bond donors (Lipinski definition) is 2. The van der Waals surface area contributed by atoms with Crippen LogP contribution >= 0.6 is 0 Å². The molecule has 0 spiro atoms. The Kier molecular flexibility index (Phi) is 3.53. The number of nitrogen functional groups attached to an aromatic ring is 1. The molecule has 4 N–H and O–H groups in total. The average molecular weight is 271 g/mol. The number of carbonyl (C=O) groups is 1. The third-order valence-electron chi connectivity index (χ3n) is 2.55. The van der Waals surface area contributed by atoms with Crippen LogP contribution in [-0.4, -0.2) is 5.91 Å². The second-order valence-electron chi connectivity index (χ2n) is 3.98. The fourth-order valence-electron chi connectivity index (χ4n) is 1.60. The highest BCUT2D eigenvalue weighted by Crippen LogP contribution is 2.29. The van der Waals surface area contributed by atoms with E-state index in [-0.39, 0.29) is 22.6 Å². The van der Waals surface area contributed by atoms with Crippen molar-refractivity contribution in [2.24, 2.45) is 5.73 Å². The van der Waals surface area contributed by atoms with Gasteiger partial charge in [-0.25, -0.2) is 4.39 Å². The largest absolute Gasteiger partial charge is 0.453 e. The Bertz CT molecular complexity index is 723. The molecule has 0 heterocycles. The van der Waals surface area contributed by atoms with Crippen LogP contribution in [-0.2, 0) is 0 Å². The minimum Gasteiger partial charge on any atom is -0.453 e. The monoisotopic (exact) mass is 271 g/mol. The predicted octanol–water partition coefficient (Wildman–Crippen LogP) is 2.17. The van der Waals surface area contributed by atoms with Crippen LogP contribution in [0.25, 0.3) is 0 Å². The number of anilines is 1. The molecule has 0 aromatic heterocycles. The van der Waals surface area contributed by atoms with Gasteiger partial charge in [-0.15, -0.1) is 0 Å². The topological polar surface area (TPSA) is 102 Å². The van der Waals surface area contributed by atoms with E-state index in [4.69, 9.17) is 21.5 Å². The molecule has 0 aliphatic carbocycles. The minimum atomic E-state index is -0.720. The summed E-state index contributed by atoms with van der Waals surface area (Å²) >= 11 is 0. The number of hydrogen-bond acceptors (Lipinski definition) is 4. The molecule has 1 amide bonds. The highest BCUT2D eigenvalue weighted by Gasteiger charge is 2.13. The zero-order valence-electron chi connectivity index (χ0n) is 10.3. The fraction of sp³-hybridized carbons (Fsp3) is 0. The summed E-state index contributed by atoms with van der Waals surface area (Å²) in [5, 5.41) is 8.66. The highest BCUT2D eigenvalue weighted by molar-refractivity contribution is 5.96. The lowest BCUT2D eigenvalue weighted by Gasteiger charge is -2.10. The maximum atomic E-state index is 13.7. The number of benzene rings is 2. The van der Waals surface area contributed by atoms with Crippen LogP contribution in [0.15, 0.2) is 36.4 Å². The van der Waals surface area contributed by atoms with Crippen LogP contribution in [0, 0.1) is 17.1 Å². The quantitative estimate of drug-likeness (QED) is 0.835. The van der Waals surface area contributed by atoms with Crippen molar-refractivity contribution in [2.75, 3.05) is 5.73 Å². The first kappa shape index (κ1) is 13.4. The van der Waals surface area contributed by atoms with Gasteiger partial charge in [0.2, 0.25) is 0 Å². The van der Waals surface area contributed by atoms with Crippen molar-refractivity contribution in [1.82, 2.24) is 0 Å². The van der Waals surface area contributed by atoms with Crippen molar-refractivity contribution in [2.45, 2.75) is 0 Å². The van der Waals surface area contributed by atoms with Crippen LogP contribution in [0.3, 0.4) is 0 Å². The van der Waals surface area contributed by atoms with Crippen molar-refractivity contribution < 1.29 is 13.9 Å². The SMILES string of the molecule is N#Cc1ccc(Oc2cc(N)ccc2C(N)=O)c(F)c1. The summed E-state index contributed by atoms with van der Waals surface area (Å²) < 4.78 is 19.0. The summed E-state index contributed by atoms with van der Waals surface area (Å²) in [6.45, 7) is 0. The zero-order valence-corrected chi connectivity index (χ0v) is 10.3. The number of nitriles is 1. The third kappa shape index (κ3) is 2.67. The van der Waals surface area contributed by atoms with E-state index in [9.17, 15) is 9.18 Å². The average Bonchev–Trinajstić information content (AvgIpc) is 2.40. The number of rotatable bonds is 3. The summed E-state index contributed by atoms with van der Waals surface area (Å²) in [5.41, 5.74) is 11.4. The lowest BCUT2D eigenvalue weighted by atomic mass is 10.1. The Labute approximate surface area is 114 Å². The van der Waals surface area contributed by atoms with Crippen molar-refractivity contribution >= 4 is 11.6 Å².